The zero-order valence-corrected chi connectivity index (χ0v) is 16.7. The average molecular weight is 385 g/mol. The summed E-state index contributed by atoms with van der Waals surface area (Å²) in [6, 6.07) is 7.97. The zero-order valence-electron chi connectivity index (χ0n) is 15.1. The highest BCUT2D eigenvalue weighted by Crippen LogP contribution is 2.43. The summed E-state index contributed by atoms with van der Waals surface area (Å²) in [5, 5.41) is 4.18. The summed E-state index contributed by atoms with van der Waals surface area (Å²) in [5.41, 5.74) is 0.850. The van der Waals surface area contributed by atoms with Gasteiger partial charge in [-0.05, 0) is 62.4 Å². The van der Waals surface area contributed by atoms with Crippen LogP contribution in [0.2, 0.25) is 5.02 Å². The highest BCUT2D eigenvalue weighted by Gasteiger charge is 2.45. The lowest BCUT2D eigenvalue weighted by Crippen LogP contribution is -2.49. The fourth-order valence-corrected chi connectivity index (χ4v) is 4.49. The Balaban J connectivity index is 0.00000225. The molecule has 1 heterocycles. The molecule has 1 aliphatic heterocycles. The molecule has 5 heteroatoms. The van der Waals surface area contributed by atoms with Gasteiger partial charge in [0.15, 0.2) is 0 Å². The van der Waals surface area contributed by atoms with Crippen molar-refractivity contribution < 1.29 is 4.79 Å². The van der Waals surface area contributed by atoms with E-state index < -0.39 is 0 Å². The van der Waals surface area contributed by atoms with E-state index in [9.17, 15) is 4.79 Å². The van der Waals surface area contributed by atoms with Crippen molar-refractivity contribution in [2.75, 3.05) is 26.2 Å². The van der Waals surface area contributed by atoms with Gasteiger partial charge in [-0.3, -0.25) is 4.79 Å². The summed E-state index contributed by atoms with van der Waals surface area (Å²) < 4.78 is 0. The fourth-order valence-electron chi connectivity index (χ4n) is 4.36. The smallest absolute Gasteiger partial charge is 0.233 e. The van der Waals surface area contributed by atoms with Crippen LogP contribution in [-0.4, -0.2) is 37.0 Å². The quantitative estimate of drug-likeness (QED) is 0.814. The van der Waals surface area contributed by atoms with Crippen LogP contribution in [0.25, 0.3) is 0 Å². The number of benzene rings is 1. The maximum Gasteiger partial charge on any atom is 0.233 e. The molecule has 140 valence electrons. The Morgan fingerprint density at radius 3 is 2.36 bits per heavy atom. The SMILES string of the molecule is CCNCC1CCN(C(=O)C2(c3ccc(Cl)cc3)CCCC2)CC1.Cl. The molecular formula is C20H30Cl2N2O. The van der Waals surface area contributed by atoms with Crippen molar-refractivity contribution in [3.8, 4) is 0 Å². The van der Waals surface area contributed by atoms with Gasteiger partial charge < -0.3 is 10.2 Å². The van der Waals surface area contributed by atoms with Gasteiger partial charge in [0.2, 0.25) is 5.91 Å². The van der Waals surface area contributed by atoms with Crippen molar-refractivity contribution in [1.82, 2.24) is 10.2 Å². The Kier molecular flexibility index (Phi) is 7.60. The van der Waals surface area contributed by atoms with E-state index in [4.69, 9.17) is 11.6 Å². The van der Waals surface area contributed by atoms with Gasteiger partial charge in [0.05, 0.1) is 5.41 Å². The van der Waals surface area contributed by atoms with Gasteiger partial charge in [0.1, 0.15) is 0 Å². The maximum absolute atomic E-state index is 13.4. The number of nitrogens with zero attached hydrogens (tertiary/aromatic N) is 1. The summed E-state index contributed by atoms with van der Waals surface area (Å²) in [5.74, 6) is 1.06. The van der Waals surface area contributed by atoms with Gasteiger partial charge in [-0.1, -0.05) is 43.5 Å². The summed E-state index contributed by atoms with van der Waals surface area (Å²) in [6.45, 7) is 6.07. The summed E-state index contributed by atoms with van der Waals surface area (Å²) in [7, 11) is 0. The Labute approximate surface area is 162 Å². The van der Waals surface area contributed by atoms with Crippen molar-refractivity contribution in [3.63, 3.8) is 0 Å². The Hall–Kier alpha value is -0.770. The summed E-state index contributed by atoms with van der Waals surface area (Å²) >= 11 is 6.05. The van der Waals surface area contributed by atoms with Crippen LogP contribution in [-0.2, 0) is 10.2 Å². The molecular weight excluding hydrogens is 355 g/mol. The third-order valence-corrected chi connectivity index (χ3v) is 6.10. The van der Waals surface area contributed by atoms with Crippen molar-refractivity contribution in [3.05, 3.63) is 34.9 Å². The highest BCUT2D eigenvalue weighted by molar-refractivity contribution is 6.30. The maximum atomic E-state index is 13.4. The molecule has 1 aromatic carbocycles. The minimum atomic E-state index is -0.306. The molecule has 1 saturated carbocycles. The second-order valence-electron chi connectivity index (χ2n) is 7.34. The molecule has 0 bridgehead atoms. The largest absolute Gasteiger partial charge is 0.342 e. The monoisotopic (exact) mass is 384 g/mol. The van der Waals surface area contributed by atoms with Crippen molar-refractivity contribution in [2.24, 2.45) is 5.92 Å². The second-order valence-corrected chi connectivity index (χ2v) is 7.78. The first-order valence-corrected chi connectivity index (χ1v) is 9.79. The lowest BCUT2D eigenvalue weighted by atomic mass is 9.77. The number of nitrogens with one attached hydrogen (secondary N) is 1. The van der Waals surface area contributed by atoms with E-state index in [1.165, 1.54) is 0 Å². The topological polar surface area (TPSA) is 32.3 Å². The summed E-state index contributed by atoms with van der Waals surface area (Å²) in [6.07, 6.45) is 6.48. The van der Waals surface area contributed by atoms with E-state index >= 15 is 0 Å². The Bertz CT molecular complexity index is 547. The van der Waals surface area contributed by atoms with Gasteiger partial charge >= 0.3 is 0 Å². The molecule has 0 radical (unpaired) electrons. The van der Waals surface area contributed by atoms with Crippen LogP contribution in [0.3, 0.4) is 0 Å². The second kappa shape index (κ2) is 9.25. The molecule has 2 aliphatic rings. The number of hydrogen-bond acceptors (Lipinski definition) is 2. The predicted octanol–water partition coefficient (Wildman–Crippen LogP) is 4.42. The van der Waals surface area contributed by atoms with Gasteiger partial charge in [-0.2, -0.15) is 0 Å². The molecule has 25 heavy (non-hydrogen) atoms. The molecule has 0 spiro atoms. The molecule has 1 aromatic rings. The van der Waals surface area contributed by atoms with E-state index in [-0.39, 0.29) is 17.8 Å². The number of hydrogen-bond donors (Lipinski definition) is 1. The number of piperidine rings is 1. The van der Waals surface area contributed by atoms with E-state index in [2.05, 4.69) is 29.3 Å². The lowest BCUT2D eigenvalue weighted by molar-refractivity contribution is -0.138. The van der Waals surface area contributed by atoms with Crippen LogP contribution in [0.15, 0.2) is 24.3 Å². The van der Waals surface area contributed by atoms with Crippen LogP contribution in [0.4, 0.5) is 0 Å². The van der Waals surface area contributed by atoms with E-state index in [0.29, 0.717) is 11.8 Å². The molecule has 1 amide bonds. The molecule has 0 unspecified atom stereocenters. The molecule has 3 rings (SSSR count). The molecule has 1 aliphatic carbocycles. The van der Waals surface area contributed by atoms with Crippen LogP contribution in [0.1, 0.15) is 51.0 Å². The number of rotatable bonds is 5. The standard InChI is InChI=1S/C20H29ClN2O.ClH/c1-2-22-15-16-9-13-23(14-10-16)19(24)20(11-3-4-12-20)17-5-7-18(21)8-6-17;/h5-8,16,22H,2-4,9-15H2,1H3;1H. The van der Waals surface area contributed by atoms with E-state index in [1.807, 2.05) is 12.1 Å². The highest BCUT2D eigenvalue weighted by atomic mass is 35.5. The van der Waals surface area contributed by atoms with Crippen LogP contribution in [0, 0.1) is 5.92 Å². The van der Waals surface area contributed by atoms with Gasteiger partial charge in [-0.25, -0.2) is 0 Å². The number of carbonyl (C=O) groups is 1. The van der Waals surface area contributed by atoms with Crippen molar-refractivity contribution in [2.45, 2.75) is 50.9 Å². The average Bonchev–Trinajstić information content (AvgIpc) is 3.11. The molecule has 3 nitrogen and oxygen atoms in total. The number of carbonyl (C=O) groups excluding carboxylic acids is 1. The number of amides is 1. The molecule has 0 atom stereocenters. The number of halogens is 2. The Morgan fingerprint density at radius 2 is 1.80 bits per heavy atom. The first kappa shape index (κ1) is 20.5. The van der Waals surface area contributed by atoms with Crippen molar-refractivity contribution in [1.29, 1.82) is 0 Å². The van der Waals surface area contributed by atoms with Crippen molar-refractivity contribution >= 4 is 29.9 Å². The Morgan fingerprint density at radius 1 is 1.20 bits per heavy atom. The fraction of sp³-hybridized carbons (Fsp3) is 0.650. The first-order valence-electron chi connectivity index (χ1n) is 9.42. The van der Waals surface area contributed by atoms with E-state index in [0.717, 1.165) is 75.3 Å². The molecule has 1 saturated heterocycles. The molecule has 2 fully saturated rings. The number of likely N-dealkylation sites (tertiary alicyclic amines) is 1. The zero-order chi connectivity index (χ0) is 17.0. The van der Waals surface area contributed by atoms with Crippen LogP contribution < -0.4 is 5.32 Å². The predicted molar refractivity (Wildman–Crippen MR) is 107 cm³/mol. The molecule has 1 N–H and O–H groups in total. The molecule has 0 aromatic heterocycles. The van der Waals surface area contributed by atoms with Crippen LogP contribution in [0.5, 0.6) is 0 Å². The van der Waals surface area contributed by atoms with Gasteiger partial charge in [0, 0.05) is 18.1 Å². The van der Waals surface area contributed by atoms with Gasteiger partial charge in [-0.15, -0.1) is 12.4 Å². The summed E-state index contributed by atoms with van der Waals surface area (Å²) in [4.78, 5) is 15.5. The first-order chi connectivity index (χ1) is 11.7. The van der Waals surface area contributed by atoms with Gasteiger partial charge in [0.25, 0.3) is 0 Å². The minimum absolute atomic E-state index is 0. The third-order valence-electron chi connectivity index (χ3n) is 5.85. The van der Waals surface area contributed by atoms with E-state index in [1.54, 1.807) is 0 Å². The van der Waals surface area contributed by atoms with Crippen LogP contribution >= 0.6 is 24.0 Å². The minimum Gasteiger partial charge on any atom is -0.342 e. The lowest BCUT2D eigenvalue weighted by Gasteiger charge is -2.39. The third kappa shape index (κ3) is 4.50. The normalized spacial score (nSPS) is 20.3.